The van der Waals surface area contributed by atoms with Crippen LogP contribution in [-0.2, 0) is 17.6 Å². The molecule has 7 heteroatoms. The third kappa shape index (κ3) is 4.54. The van der Waals surface area contributed by atoms with Crippen LogP contribution in [0.2, 0.25) is 0 Å². The zero-order valence-corrected chi connectivity index (χ0v) is 19.9. The molecule has 1 aliphatic carbocycles. The van der Waals surface area contributed by atoms with E-state index in [0.29, 0.717) is 5.75 Å². The van der Waals surface area contributed by atoms with Crippen molar-refractivity contribution in [1.82, 2.24) is 9.97 Å². The van der Waals surface area contributed by atoms with Crippen LogP contribution >= 0.6 is 39.0 Å². The molecule has 0 atom stereocenters. The Kier molecular flexibility index (Phi) is 6.07. The summed E-state index contributed by atoms with van der Waals surface area (Å²) >= 11 is 6.71. The van der Waals surface area contributed by atoms with Gasteiger partial charge in [-0.1, -0.05) is 58.0 Å². The fourth-order valence-electron chi connectivity index (χ4n) is 3.81. The zero-order valence-electron chi connectivity index (χ0n) is 16.7. The summed E-state index contributed by atoms with van der Waals surface area (Å²) in [5, 5.41) is 5.03. The van der Waals surface area contributed by atoms with Gasteiger partial charge in [0.05, 0.1) is 5.75 Å². The lowest BCUT2D eigenvalue weighted by atomic mass is 9.97. The van der Waals surface area contributed by atoms with Gasteiger partial charge in [0.25, 0.3) is 0 Å². The molecule has 31 heavy (non-hydrogen) atoms. The van der Waals surface area contributed by atoms with Crippen LogP contribution in [0.15, 0.2) is 64.1 Å². The van der Waals surface area contributed by atoms with Crippen molar-refractivity contribution in [1.29, 1.82) is 0 Å². The Hall–Kier alpha value is -2.22. The molecule has 0 fully saturated rings. The average molecular weight is 510 g/mol. The van der Waals surface area contributed by atoms with Gasteiger partial charge < -0.3 is 5.32 Å². The third-order valence-electron chi connectivity index (χ3n) is 5.28. The monoisotopic (exact) mass is 509 g/mol. The Morgan fingerprint density at radius 3 is 2.61 bits per heavy atom. The van der Waals surface area contributed by atoms with Gasteiger partial charge in [0, 0.05) is 26.0 Å². The van der Waals surface area contributed by atoms with Gasteiger partial charge in [-0.2, -0.15) is 0 Å². The summed E-state index contributed by atoms with van der Waals surface area (Å²) in [7, 11) is 0. The fourth-order valence-corrected chi connectivity index (χ4v) is 6.25. The molecule has 2 heterocycles. The number of fused-ring (bicyclic) bond motifs is 3. The van der Waals surface area contributed by atoms with Crippen LogP contribution in [0.1, 0.15) is 23.3 Å². The highest BCUT2D eigenvalue weighted by Gasteiger charge is 2.22. The number of anilines is 1. The minimum atomic E-state index is -0.0376. The van der Waals surface area contributed by atoms with Crippen molar-refractivity contribution in [2.24, 2.45) is 0 Å². The van der Waals surface area contributed by atoms with Crippen LogP contribution in [0.3, 0.4) is 0 Å². The summed E-state index contributed by atoms with van der Waals surface area (Å²) in [6.45, 7) is 0. The van der Waals surface area contributed by atoms with Gasteiger partial charge in [-0.25, -0.2) is 9.97 Å². The summed E-state index contributed by atoms with van der Waals surface area (Å²) < 4.78 is 0.985. The number of thiophene rings is 1. The number of aryl methyl sites for hydroxylation is 2. The molecule has 156 valence electrons. The molecule has 0 radical (unpaired) electrons. The molecule has 5 rings (SSSR count). The number of hydrogen-bond acceptors (Lipinski definition) is 5. The molecule has 1 N–H and O–H groups in total. The van der Waals surface area contributed by atoms with Crippen molar-refractivity contribution in [3.8, 4) is 11.4 Å². The van der Waals surface area contributed by atoms with Crippen LogP contribution in [0.5, 0.6) is 0 Å². The first-order chi connectivity index (χ1) is 15.2. The molecular weight excluding hydrogens is 490 g/mol. The van der Waals surface area contributed by atoms with Gasteiger partial charge in [0.1, 0.15) is 9.86 Å². The van der Waals surface area contributed by atoms with E-state index in [1.54, 1.807) is 11.3 Å². The van der Waals surface area contributed by atoms with Gasteiger partial charge in [0.2, 0.25) is 5.91 Å². The largest absolute Gasteiger partial charge is 0.325 e. The van der Waals surface area contributed by atoms with Crippen LogP contribution in [0.4, 0.5) is 5.69 Å². The van der Waals surface area contributed by atoms with E-state index in [-0.39, 0.29) is 5.91 Å². The predicted molar refractivity (Wildman–Crippen MR) is 133 cm³/mol. The topological polar surface area (TPSA) is 54.9 Å². The number of amides is 1. The van der Waals surface area contributed by atoms with E-state index in [2.05, 4.69) is 21.2 Å². The molecule has 1 amide bonds. The number of benzene rings is 2. The van der Waals surface area contributed by atoms with Crippen LogP contribution in [-0.4, -0.2) is 21.6 Å². The van der Waals surface area contributed by atoms with Crippen molar-refractivity contribution in [3.05, 3.63) is 69.5 Å². The van der Waals surface area contributed by atoms with Crippen molar-refractivity contribution in [3.63, 3.8) is 0 Å². The first-order valence-corrected chi connectivity index (χ1v) is 12.8. The Bertz CT molecular complexity index is 1240. The molecule has 0 saturated heterocycles. The lowest BCUT2D eigenvalue weighted by molar-refractivity contribution is -0.113. The maximum Gasteiger partial charge on any atom is 0.234 e. The third-order valence-corrected chi connectivity index (χ3v) is 7.97. The van der Waals surface area contributed by atoms with E-state index >= 15 is 0 Å². The molecule has 2 aromatic carbocycles. The lowest BCUT2D eigenvalue weighted by Crippen LogP contribution is -2.14. The van der Waals surface area contributed by atoms with E-state index in [4.69, 9.17) is 9.97 Å². The Morgan fingerprint density at radius 2 is 1.81 bits per heavy atom. The summed E-state index contributed by atoms with van der Waals surface area (Å²) in [6.07, 6.45) is 4.62. The van der Waals surface area contributed by atoms with Crippen LogP contribution in [0, 0.1) is 0 Å². The number of halogens is 1. The maximum absolute atomic E-state index is 12.6. The molecular formula is C24H20BrN3OS2. The van der Waals surface area contributed by atoms with Gasteiger partial charge in [-0.15, -0.1) is 11.3 Å². The van der Waals surface area contributed by atoms with Crippen molar-refractivity contribution >= 4 is 60.8 Å². The number of nitrogens with one attached hydrogen (secondary N) is 1. The number of nitrogens with zero attached hydrogens (tertiary/aromatic N) is 2. The second-order valence-corrected chi connectivity index (χ2v) is 10.4. The second kappa shape index (κ2) is 9.10. The SMILES string of the molecule is O=C(CSc1nc(-c2ccccc2)nc2sc3c(c12)CCCC3)Nc1ccc(Br)cc1. The Labute approximate surface area is 197 Å². The van der Waals surface area contributed by atoms with E-state index < -0.39 is 0 Å². The second-order valence-electron chi connectivity index (χ2n) is 7.45. The standard InChI is InChI=1S/C24H20BrN3OS2/c25-16-10-12-17(13-11-16)26-20(29)14-30-23-21-18-8-4-5-9-19(18)31-24(21)28-22(27-23)15-6-2-1-3-7-15/h1-3,6-7,10-13H,4-5,8-9,14H2,(H,26,29). The average Bonchev–Trinajstić information content (AvgIpc) is 3.18. The molecule has 0 unspecified atom stereocenters. The van der Waals surface area contributed by atoms with Gasteiger partial charge in [-0.3, -0.25) is 4.79 Å². The lowest BCUT2D eigenvalue weighted by Gasteiger charge is -2.12. The number of carbonyl (C=O) groups excluding carboxylic acids is 1. The first-order valence-electron chi connectivity index (χ1n) is 10.2. The molecule has 0 aliphatic heterocycles. The summed E-state index contributed by atoms with van der Waals surface area (Å²) in [5.74, 6) is 0.994. The highest BCUT2D eigenvalue weighted by atomic mass is 79.9. The van der Waals surface area contributed by atoms with E-state index in [1.807, 2.05) is 54.6 Å². The first kappa shape index (κ1) is 20.7. The number of carbonyl (C=O) groups is 1. The van der Waals surface area contributed by atoms with Crippen LogP contribution < -0.4 is 5.32 Å². The molecule has 1 aliphatic rings. The van der Waals surface area contributed by atoms with Gasteiger partial charge in [-0.05, 0) is 55.5 Å². The van der Waals surface area contributed by atoms with Crippen molar-refractivity contribution < 1.29 is 4.79 Å². The molecule has 4 aromatic rings. The molecule has 0 saturated carbocycles. The number of hydrogen-bond donors (Lipinski definition) is 1. The maximum atomic E-state index is 12.6. The van der Waals surface area contributed by atoms with E-state index in [1.165, 1.54) is 35.0 Å². The molecule has 2 aromatic heterocycles. The van der Waals surface area contributed by atoms with Gasteiger partial charge >= 0.3 is 0 Å². The number of rotatable bonds is 5. The molecule has 0 spiro atoms. The predicted octanol–water partition coefficient (Wildman–Crippen LogP) is 6.73. The molecule has 0 bridgehead atoms. The summed E-state index contributed by atoms with van der Waals surface area (Å²) in [6, 6.07) is 17.7. The fraction of sp³-hybridized carbons (Fsp3) is 0.208. The smallest absolute Gasteiger partial charge is 0.234 e. The highest BCUT2D eigenvalue weighted by molar-refractivity contribution is 9.10. The normalized spacial score (nSPS) is 13.2. The number of thioether (sulfide) groups is 1. The van der Waals surface area contributed by atoms with Gasteiger partial charge in [0.15, 0.2) is 5.82 Å². The Morgan fingerprint density at radius 1 is 1.03 bits per heavy atom. The minimum absolute atomic E-state index is 0.0376. The van der Waals surface area contributed by atoms with Crippen LogP contribution in [0.25, 0.3) is 21.6 Å². The quantitative estimate of drug-likeness (QED) is 0.239. The Balaban J connectivity index is 1.46. The summed E-state index contributed by atoms with van der Waals surface area (Å²) in [5.41, 5.74) is 3.18. The van der Waals surface area contributed by atoms with Crippen molar-refractivity contribution in [2.45, 2.75) is 30.7 Å². The zero-order chi connectivity index (χ0) is 21.2. The van der Waals surface area contributed by atoms with E-state index in [9.17, 15) is 4.79 Å². The highest BCUT2D eigenvalue weighted by Crippen LogP contribution is 2.40. The summed E-state index contributed by atoms with van der Waals surface area (Å²) in [4.78, 5) is 24.9. The molecule has 4 nitrogen and oxygen atoms in total. The van der Waals surface area contributed by atoms with E-state index in [0.717, 1.165) is 49.6 Å². The number of aromatic nitrogens is 2. The minimum Gasteiger partial charge on any atom is -0.325 e. The van der Waals surface area contributed by atoms with Crippen molar-refractivity contribution in [2.75, 3.05) is 11.1 Å².